The van der Waals surface area contributed by atoms with Gasteiger partial charge in [-0.3, -0.25) is 0 Å². The molecule has 9 heteroatoms. The summed E-state index contributed by atoms with van der Waals surface area (Å²) in [6.07, 6.45) is 0. The number of thiazole rings is 1. The Balaban J connectivity index is 3.00. The number of aryl methyl sites for hydroxylation is 1. The number of rotatable bonds is 8. The fourth-order valence-electron chi connectivity index (χ4n) is 1.45. The van der Waals surface area contributed by atoms with E-state index < -0.39 is 10.0 Å². The van der Waals surface area contributed by atoms with Crippen LogP contribution in [0.15, 0.2) is 4.21 Å². The average molecular weight is 329 g/mol. The monoisotopic (exact) mass is 328 g/mol. The van der Waals surface area contributed by atoms with Crippen molar-refractivity contribution in [3.05, 3.63) is 10.2 Å². The van der Waals surface area contributed by atoms with E-state index >= 15 is 0 Å². The molecule has 0 aliphatic rings. The van der Waals surface area contributed by atoms with Crippen LogP contribution in [0.25, 0.3) is 0 Å². The van der Waals surface area contributed by atoms with Crippen LogP contribution in [0.2, 0.25) is 4.47 Å². The van der Waals surface area contributed by atoms with Crippen molar-refractivity contribution in [2.75, 3.05) is 40.5 Å². The zero-order chi connectivity index (χ0) is 14.5. The van der Waals surface area contributed by atoms with Crippen LogP contribution in [-0.2, 0) is 19.5 Å². The van der Waals surface area contributed by atoms with E-state index in [-0.39, 0.29) is 21.8 Å². The Bertz CT molecular complexity index is 496. The van der Waals surface area contributed by atoms with Gasteiger partial charge in [-0.1, -0.05) is 22.9 Å². The molecule has 0 radical (unpaired) electrons. The molecule has 0 saturated heterocycles. The maximum absolute atomic E-state index is 12.5. The molecule has 1 aromatic heterocycles. The summed E-state index contributed by atoms with van der Waals surface area (Å²) in [6, 6.07) is 0. The Morgan fingerprint density at radius 3 is 2.16 bits per heavy atom. The lowest BCUT2D eigenvalue weighted by Gasteiger charge is -2.20. The summed E-state index contributed by atoms with van der Waals surface area (Å²) in [5, 5.41) is 0. The Morgan fingerprint density at radius 2 is 1.79 bits per heavy atom. The van der Waals surface area contributed by atoms with Gasteiger partial charge in [-0.15, -0.1) is 0 Å². The molecule has 1 aromatic rings. The van der Waals surface area contributed by atoms with E-state index in [0.29, 0.717) is 18.9 Å². The predicted molar refractivity (Wildman–Crippen MR) is 74.4 cm³/mol. The first-order valence-corrected chi connectivity index (χ1v) is 8.18. The third kappa shape index (κ3) is 4.37. The van der Waals surface area contributed by atoms with Gasteiger partial charge in [-0.2, -0.15) is 4.31 Å². The summed E-state index contributed by atoms with van der Waals surface area (Å²) in [6.45, 7) is 2.78. The zero-order valence-electron chi connectivity index (χ0n) is 11.1. The van der Waals surface area contributed by atoms with E-state index in [9.17, 15) is 8.42 Å². The normalized spacial score (nSPS) is 12.3. The van der Waals surface area contributed by atoms with E-state index in [2.05, 4.69) is 4.98 Å². The molecule has 0 amide bonds. The van der Waals surface area contributed by atoms with Gasteiger partial charge >= 0.3 is 0 Å². The molecule has 0 aromatic carbocycles. The maximum atomic E-state index is 12.5. The molecule has 1 rings (SSSR count). The molecular weight excluding hydrogens is 312 g/mol. The molecule has 0 fully saturated rings. The van der Waals surface area contributed by atoms with Gasteiger partial charge in [0.2, 0.25) is 0 Å². The van der Waals surface area contributed by atoms with Crippen LogP contribution in [0.5, 0.6) is 0 Å². The van der Waals surface area contributed by atoms with Gasteiger partial charge in [0.05, 0.1) is 18.9 Å². The van der Waals surface area contributed by atoms with Crippen molar-refractivity contribution in [3.63, 3.8) is 0 Å². The first-order chi connectivity index (χ1) is 8.93. The summed E-state index contributed by atoms with van der Waals surface area (Å²) in [7, 11) is -0.563. The minimum Gasteiger partial charge on any atom is -0.383 e. The summed E-state index contributed by atoms with van der Waals surface area (Å²) >= 11 is 6.72. The maximum Gasteiger partial charge on any atom is 0.254 e. The van der Waals surface area contributed by atoms with Crippen molar-refractivity contribution in [1.29, 1.82) is 0 Å². The van der Waals surface area contributed by atoms with Crippen LogP contribution in [0.1, 0.15) is 5.69 Å². The fraction of sp³-hybridized carbons (Fsp3) is 0.700. The average Bonchev–Trinajstić information content (AvgIpc) is 2.69. The predicted octanol–water partition coefficient (Wildman–Crippen LogP) is 1.39. The molecule has 6 nitrogen and oxygen atoms in total. The van der Waals surface area contributed by atoms with Crippen LogP contribution >= 0.6 is 22.9 Å². The fourth-order valence-corrected chi connectivity index (χ4v) is 4.73. The molecular formula is C10H17ClN2O4S2. The molecule has 1 heterocycles. The van der Waals surface area contributed by atoms with E-state index in [1.165, 1.54) is 18.5 Å². The van der Waals surface area contributed by atoms with E-state index in [1.54, 1.807) is 6.92 Å². The van der Waals surface area contributed by atoms with Crippen LogP contribution < -0.4 is 0 Å². The highest BCUT2D eigenvalue weighted by Crippen LogP contribution is 2.29. The van der Waals surface area contributed by atoms with Crippen LogP contribution in [0.4, 0.5) is 0 Å². The van der Waals surface area contributed by atoms with E-state index in [0.717, 1.165) is 11.3 Å². The zero-order valence-corrected chi connectivity index (χ0v) is 13.4. The standard InChI is InChI=1S/C10H17ClN2O4S2/c1-8-9(18-10(11)12-8)19(14,15)13(4-6-16-2)5-7-17-3/h4-7H2,1-3H3. The summed E-state index contributed by atoms with van der Waals surface area (Å²) in [5.74, 6) is 0. The number of aromatic nitrogens is 1. The molecule has 0 N–H and O–H groups in total. The second-order valence-electron chi connectivity index (χ2n) is 3.73. The Hall–Kier alpha value is -0.250. The summed E-state index contributed by atoms with van der Waals surface area (Å²) < 4.78 is 36.6. The molecule has 110 valence electrons. The van der Waals surface area contributed by atoms with Gasteiger partial charge in [0.25, 0.3) is 10.0 Å². The molecule has 0 aliphatic carbocycles. The van der Waals surface area contributed by atoms with Crippen molar-refractivity contribution in [1.82, 2.24) is 9.29 Å². The third-order valence-corrected chi connectivity index (χ3v) is 6.14. The minimum atomic E-state index is -3.61. The van der Waals surface area contributed by atoms with E-state index in [4.69, 9.17) is 21.1 Å². The number of ether oxygens (including phenoxy) is 2. The second kappa shape index (κ2) is 7.51. The molecule has 0 atom stereocenters. The van der Waals surface area contributed by atoms with Gasteiger partial charge in [0.1, 0.15) is 0 Å². The summed E-state index contributed by atoms with van der Waals surface area (Å²) in [5.41, 5.74) is 0.412. The smallest absolute Gasteiger partial charge is 0.254 e. The molecule has 19 heavy (non-hydrogen) atoms. The molecule has 0 spiro atoms. The van der Waals surface area contributed by atoms with Gasteiger partial charge in [-0.05, 0) is 6.92 Å². The van der Waals surface area contributed by atoms with Gasteiger partial charge in [0, 0.05) is 27.3 Å². The lowest BCUT2D eigenvalue weighted by Crippen LogP contribution is -2.36. The molecule has 0 unspecified atom stereocenters. The number of hydrogen-bond donors (Lipinski definition) is 0. The summed E-state index contributed by atoms with van der Waals surface area (Å²) in [4.78, 5) is 3.94. The van der Waals surface area contributed by atoms with Crippen molar-refractivity contribution in [3.8, 4) is 0 Å². The van der Waals surface area contributed by atoms with Crippen molar-refractivity contribution in [2.45, 2.75) is 11.1 Å². The highest BCUT2D eigenvalue weighted by molar-refractivity contribution is 7.91. The van der Waals surface area contributed by atoms with Crippen LogP contribution in [0.3, 0.4) is 0 Å². The highest BCUT2D eigenvalue weighted by atomic mass is 35.5. The quantitative estimate of drug-likeness (QED) is 0.721. The first-order valence-electron chi connectivity index (χ1n) is 5.54. The molecule has 0 bridgehead atoms. The third-order valence-electron chi connectivity index (χ3n) is 2.39. The number of sulfonamides is 1. The lowest BCUT2D eigenvalue weighted by molar-refractivity contribution is 0.150. The highest BCUT2D eigenvalue weighted by Gasteiger charge is 2.28. The first kappa shape index (κ1) is 16.8. The van der Waals surface area contributed by atoms with Crippen LogP contribution in [0, 0.1) is 6.92 Å². The molecule has 0 aliphatic heterocycles. The Labute approximate surface area is 122 Å². The Morgan fingerprint density at radius 1 is 1.26 bits per heavy atom. The SMILES string of the molecule is COCCN(CCOC)S(=O)(=O)c1sc(Cl)nc1C. The van der Waals surface area contributed by atoms with Crippen molar-refractivity contribution in [2.24, 2.45) is 0 Å². The number of halogens is 1. The van der Waals surface area contributed by atoms with Gasteiger partial charge in [0.15, 0.2) is 8.68 Å². The number of nitrogens with zero attached hydrogens (tertiary/aromatic N) is 2. The van der Waals surface area contributed by atoms with E-state index in [1.807, 2.05) is 0 Å². The topological polar surface area (TPSA) is 68.7 Å². The Kier molecular flexibility index (Phi) is 6.64. The van der Waals surface area contributed by atoms with Crippen LogP contribution in [-0.4, -0.2) is 58.2 Å². The lowest BCUT2D eigenvalue weighted by atomic mass is 10.6. The largest absolute Gasteiger partial charge is 0.383 e. The molecule has 0 saturated carbocycles. The minimum absolute atomic E-state index is 0.171. The van der Waals surface area contributed by atoms with Gasteiger partial charge < -0.3 is 9.47 Å². The number of hydrogen-bond acceptors (Lipinski definition) is 6. The van der Waals surface area contributed by atoms with Gasteiger partial charge in [-0.25, -0.2) is 13.4 Å². The van der Waals surface area contributed by atoms with Crippen molar-refractivity contribution < 1.29 is 17.9 Å². The van der Waals surface area contributed by atoms with Crippen molar-refractivity contribution >= 4 is 33.0 Å². The second-order valence-corrected chi connectivity index (χ2v) is 7.44. The number of methoxy groups -OCH3 is 2.